The number of esters is 1. The van der Waals surface area contributed by atoms with Crippen LogP contribution < -0.4 is 0 Å². The molecule has 0 heterocycles. The fourth-order valence-electron chi connectivity index (χ4n) is 1.46. The lowest BCUT2D eigenvalue weighted by atomic mass is 10.1. The van der Waals surface area contributed by atoms with E-state index in [0.29, 0.717) is 6.42 Å². The summed E-state index contributed by atoms with van der Waals surface area (Å²) in [5, 5.41) is 0. The molecule has 84 valence electrons. The van der Waals surface area contributed by atoms with Crippen molar-refractivity contribution >= 4 is 5.97 Å². The van der Waals surface area contributed by atoms with Gasteiger partial charge in [0.15, 0.2) is 0 Å². The highest BCUT2D eigenvalue weighted by Crippen LogP contribution is 2.12. The fraction of sp³-hybridized carbons (Fsp3) is 0.917. The molecule has 0 rings (SSSR count). The number of unbranched alkanes of at least 4 members (excludes halogenated alkanes) is 1. The summed E-state index contributed by atoms with van der Waals surface area (Å²) in [5.74, 6) is -0.0259. The van der Waals surface area contributed by atoms with Crippen LogP contribution in [-0.2, 0) is 9.53 Å². The van der Waals surface area contributed by atoms with Crippen LogP contribution in [0.1, 0.15) is 65.7 Å². The molecule has 0 radical (unpaired) electrons. The van der Waals surface area contributed by atoms with Gasteiger partial charge in [-0.2, -0.15) is 0 Å². The van der Waals surface area contributed by atoms with E-state index in [4.69, 9.17) is 4.74 Å². The van der Waals surface area contributed by atoms with Crippen LogP contribution in [0.4, 0.5) is 0 Å². The molecule has 0 spiro atoms. The average Bonchev–Trinajstić information content (AvgIpc) is 2.15. The van der Waals surface area contributed by atoms with Gasteiger partial charge < -0.3 is 4.74 Å². The Balaban J connectivity index is 3.75. The van der Waals surface area contributed by atoms with Crippen LogP contribution in [0.25, 0.3) is 0 Å². The Morgan fingerprint density at radius 3 is 2.29 bits per heavy atom. The van der Waals surface area contributed by atoms with Crippen LogP contribution in [-0.4, -0.2) is 12.1 Å². The third kappa shape index (κ3) is 6.93. The number of carbonyl (C=O) groups is 1. The summed E-state index contributed by atoms with van der Waals surface area (Å²) in [5.41, 5.74) is 0. The summed E-state index contributed by atoms with van der Waals surface area (Å²) >= 11 is 0. The predicted molar refractivity (Wildman–Crippen MR) is 59.2 cm³/mol. The number of hydrogen-bond acceptors (Lipinski definition) is 2. The maximum atomic E-state index is 11.3. The summed E-state index contributed by atoms with van der Waals surface area (Å²) in [6.07, 6.45) is 7.06. The molecule has 0 saturated heterocycles. The summed E-state index contributed by atoms with van der Waals surface area (Å²) in [4.78, 5) is 11.3. The Morgan fingerprint density at radius 1 is 1.07 bits per heavy atom. The molecule has 0 aliphatic rings. The van der Waals surface area contributed by atoms with Crippen molar-refractivity contribution in [2.75, 3.05) is 0 Å². The maximum Gasteiger partial charge on any atom is 0.306 e. The van der Waals surface area contributed by atoms with Crippen molar-refractivity contribution in [3.63, 3.8) is 0 Å². The van der Waals surface area contributed by atoms with Crippen molar-refractivity contribution in [1.29, 1.82) is 0 Å². The van der Waals surface area contributed by atoms with Crippen molar-refractivity contribution in [2.45, 2.75) is 71.8 Å². The molecular weight excluding hydrogens is 176 g/mol. The summed E-state index contributed by atoms with van der Waals surface area (Å²) in [6.45, 7) is 6.30. The Bertz CT molecular complexity index is 143. The fourth-order valence-corrected chi connectivity index (χ4v) is 1.46. The SMILES string of the molecule is CCCCC(CCC)OC(=O)CCC. The predicted octanol–water partition coefficient (Wildman–Crippen LogP) is 3.69. The van der Waals surface area contributed by atoms with E-state index in [9.17, 15) is 4.79 Å². The molecule has 0 aliphatic heterocycles. The second kappa shape index (κ2) is 9.04. The lowest BCUT2D eigenvalue weighted by Gasteiger charge is -2.16. The van der Waals surface area contributed by atoms with Gasteiger partial charge in [0.05, 0.1) is 0 Å². The molecule has 0 aromatic rings. The van der Waals surface area contributed by atoms with Crippen molar-refractivity contribution in [3.05, 3.63) is 0 Å². The normalized spacial score (nSPS) is 12.5. The van der Waals surface area contributed by atoms with E-state index in [1.165, 1.54) is 6.42 Å². The van der Waals surface area contributed by atoms with Gasteiger partial charge in [-0.05, 0) is 19.3 Å². The third-order valence-corrected chi connectivity index (χ3v) is 2.24. The zero-order chi connectivity index (χ0) is 10.8. The second-order valence-electron chi connectivity index (χ2n) is 3.79. The monoisotopic (exact) mass is 200 g/mol. The first-order valence-electron chi connectivity index (χ1n) is 5.94. The lowest BCUT2D eigenvalue weighted by Crippen LogP contribution is -2.17. The molecule has 1 unspecified atom stereocenters. The molecule has 0 bridgehead atoms. The highest BCUT2D eigenvalue weighted by Gasteiger charge is 2.11. The first-order valence-corrected chi connectivity index (χ1v) is 5.94. The molecule has 0 amide bonds. The van der Waals surface area contributed by atoms with E-state index in [2.05, 4.69) is 13.8 Å². The quantitative estimate of drug-likeness (QED) is 0.558. The zero-order valence-corrected chi connectivity index (χ0v) is 9.84. The summed E-state index contributed by atoms with van der Waals surface area (Å²) < 4.78 is 5.39. The minimum atomic E-state index is -0.0259. The van der Waals surface area contributed by atoms with Crippen LogP contribution >= 0.6 is 0 Å². The van der Waals surface area contributed by atoms with Gasteiger partial charge in [-0.3, -0.25) is 4.79 Å². The molecule has 0 aromatic carbocycles. The van der Waals surface area contributed by atoms with E-state index in [-0.39, 0.29) is 12.1 Å². The Kier molecular flexibility index (Phi) is 8.70. The number of ether oxygens (including phenoxy) is 1. The first-order chi connectivity index (χ1) is 6.74. The van der Waals surface area contributed by atoms with Gasteiger partial charge in [0.25, 0.3) is 0 Å². The minimum Gasteiger partial charge on any atom is -0.462 e. The zero-order valence-electron chi connectivity index (χ0n) is 9.84. The Hall–Kier alpha value is -0.530. The van der Waals surface area contributed by atoms with Crippen LogP contribution in [0.3, 0.4) is 0 Å². The standard InChI is InChI=1S/C12H24O2/c1-4-7-10-11(8-5-2)14-12(13)9-6-3/h11H,4-10H2,1-3H3. The second-order valence-corrected chi connectivity index (χ2v) is 3.79. The van der Waals surface area contributed by atoms with Gasteiger partial charge in [0.2, 0.25) is 0 Å². The highest BCUT2D eigenvalue weighted by molar-refractivity contribution is 5.69. The minimum absolute atomic E-state index is 0.0259. The van der Waals surface area contributed by atoms with Crippen molar-refractivity contribution in [2.24, 2.45) is 0 Å². The van der Waals surface area contributed by atoms with E-state index in [0.717, 1.165) is 32.1 Å². The number of hydrogen-bond donors (Lipinski definition) is 0. The topological polar surface area (TPSA) is 26.3 Å². The smallest absolute Gasteiger partial charge is 0.306 e. The molecule has 2 nitrogen and oxygen atoms in total. The van der Waals surface area contributed by atoms with Crippen LogP contribution in [0, 0.1) is 0 Å². The van der Waals surface area contributed by atoms with E-state index in [1.54, 1.807) is 0 Å². The number of rotatable bonds is 8. The first kappa shape index (κ1) is 13.5. The number of carbonyl (C=O) groups excluding carboxylic acids is 1. The van der Waals surface area contributed by atoms with E-state index < -0.39 is 0 Å². The molecule has 0 saturated carbocycles. The largest absolute Gasteiger partial charge is 0.462 e. The van der Waals surface area contributed by atoms with E-state index in [1.807, 2.05) is 6.92 Å². The summed E-state index contributed by atoms with van der Waals surface area (Å²) in [7, 11) is 0. The molecule has 0 N–H and O–H groups in total. The maximum absolute atomic E-state index is 11.3. The molecule has 0 aliphatic carbocycles. The van der Waals surface area contributed by atoms with Crippen LogP contribution in [0.2, 0.25) is 0 Å². The van der Waals surface area contributed by atoms with E-state index >= 15 is 0 Å². The molecule has 0 fully saturated rings. The average molecular weight is 200 g/mol. The molecular formula is C12H24O2. The molecule has 0 aromatic heterocycles. The van der Waals surface area contributed by atoms with Crippen molar-refractivity contribution in [3.8, 4) is 0 Å². The van der Waals surface area contributed by atoms with Gasteiger partial charge in [0, 0.05) is 6.42 Å². The molecule has 1 atom stereocenters. The van der Waals surface area contributed by atoms with Gasteiger partial charge in [-0.25, -0.2) is 0 Å². The Morgan fingerprint density at radius 2 is 1.79 bits per heavy atom. The van der Waals surface area contributed by atoms with Crippen molar-refractivity contribution < 1.29 is 9.53 Å². The van der Waals surface area contributed by atoms with Crippen molar-refractivity contribution in [1.82, 2.24) is 0 Å². The molecule has 14 heavy (non-hydrogen) atoms. The third-order valence-electron chi connectivity index (χ3n) is 2.24. The highest BCUT2D eigenvalue weighted by atomic mass is 16.5. The van der Waals surface area contributed by atoms with Gasteiger partial charge in [-0.1, -0.05) is 40.0 Å². The lowest BCUT2D eigenvalue weighted by molar-refractivity contribution is -0.149. The van der Waals surface area contributed by atoms with Gasteiger partial charge in [0.1, 0.15) is 6.10 Å². The van der Waals surface area contributed by atoms with Crippen LogP contribution in [0.15, 0.2) is 0 Å². The molecule has 2 heteroatoms. The summed E-state index contributed by atoms with van der Waals surface area (Å²) in [6, 6.07) is 0. The van der Waals surface area contributed by atoms with Gasteiger partial charge in [-0.15, -0.1) is 0 Å². The van der Waals surface area contributed by atoms with Gasteiger partial charge >= 0.3 is 5.97 Å². The Labute approximate surface area is 88.0 Å². The van der Waals surface area contributed by atoms with Crippen LogP contribution in [0.5, 0.6) is 0 Å².